The average Bonchev–Trinajstić information content (AvgIpc) is 3.09. The van der Waals surface area contributed by atoms with Gasteiger partial charge in [-0.05, 0) is 86.7 Å². The fourth-order valence-electron chi connectivity index (χ4n) is 6.54. The molecule has 0 aromatic rings. The Morgan fingerprint density at radius 2 is 1.94 bits per heavy atom. The summed E-state index contributed by atoms with van der Waals surface area (Å²) in [6.07, 6.45) is 10.9. The van der Waals surface area contributed by atoms with Crippen LogP contribution >= 0.6 is 0 Å². The van der Waals surface area contributed by atoms with Crippen molar-refractivity contribution in [3.8, 4) is 0 Å². The summed E-state index contributed by atoms with van der Waals surface area (Å²) in [5.41, 5.74) is 2.06. The molecule has 3 fully saturated rings. The molecule has 6 nitrogen and oxygen atoms in total. The molecule has 6 heteroatoms. The summed E-state index contributed by atoms with van der Waals surface area (Å²) in [7, 11) is 0. The lowest BCUT2D eigenvalue weighted by Crippen LogP contribution is -2.39. The minimum absolute atomic E-state index is 0.160. The third kappa shape index (κ3) is 5.67. The van der Waals surface area contributed by atoms with Gasteiger partial charge in [-0.25, -0.2) is 4.79 Å². The molecule has 4 N–H and O–H groups in total. The van der Waals surface area contributed by atoms with Gasteiger partial charge < -0.3 is 25.2 Å². The third-order valence-corrected chi connectivity index (χ3v) is 8.60. The zero-order valence-corrected chi connectivity index (χ0v) is 21.0. The zero-order valence-electron chi connectivity index (χ0n) is 21.0. The van der Waals surface area contributed by atoms with Gasteiger partial charge in [-0.2, -0.15) is 0 Å². The van der Waals surface area contributed by atoms with Crippen LogP contribution in [-0.4, -0.2) is 50.5 Å². The topological polar surface area (TPSA) is 107 Å². The van der Waals surface area contributed by atoms with Crippen LogP contribution in [0.3, 0.4) is 0 Å². The molecule has 0 aromatic heterocycles. The van der Waals surface area contributed by atoms with E-state index in [9.17, 15) is 20.1 Å². The third-order valence-electron chi connectivity index (χ3n) is 8.60. The summed E-state index contributed by atoms with van der Waals surface area (Å²) in [6.45, 7) is 11.7. The van der Waals surface area contributed by atoms with Crippen molar-refractivity contribution in [1.29, 1.82) is 0 Å². The highest BCUT2D eigenvalue weighted by molar-refractivity contribution is 5.57. The van der Waals surface area contributed by atoms with E-state index in [1.54, 1.807) is 19.9 Å². The molecule has 0 aromatic carbocycles. The van der Waals surface area contributed by atoms with Crippen molar-refractivity contribution in [3.63, 3.8) is 0 Å². The highest BCUT2D eigenvalue weighted by Crippen LogP contribution is 2.59. The molecule has 0 spiro atoms. The van der Waals surface area contributed by atoms with Crippen molar-refractivity contribution in [2.45, 2.75) is 96.6 Å². The Hall–Kier alpha value is -1.89. The van der Waals surface area contributed by atoms with Crippen LogP contribution in [0.2, 0.25) is 0 Å². The van der Waals surface area contributed by atoms with Gasteiger partial charge in [0.2, 0.25) is 0 Å². The van der Waals surface area contributed by atoms with Crippen LogP contribution in [0.15, 0.2) is 47.6 Å². The molecule has 0 unspecified atom stereocenters. The Morgan fingerprint density at radius 1 is 1.24 bits per heavy atom. The maximum Gasteiger partial charge on any atom is 0.506 e. The van der Waals surface area contributed by atoms with E-state index in [-0.39, 0.29) is 11.3 Å². The smallest absolute Gasteiger partial charge is 0.450 e. The van der Waals surface area contributed by atoms with Crippen molar-refractivity contribution in [1.82, 2.24) is 0 Å². The van der Waals surface area contributed by atoms with Crippen LogP contribution in [0.25, 0.3) is 0 Å². The van der Waals surface area contributed by atoms with Crippen LogP contribution in [0.5, 0.6) is 0 Å². The summed E-state index contributed by atoms with van der Waals surface area (Å²) in [4.78, 5) is 10.9. The number of hydrogen-bond donors (Lipinski definition) is 4. The molecule has 0 heterocycles. The van der Waals surface area contributed by atoms with E-state index >= 15 is 0 Å². The van der Waals surface area contributed by atoms with Gasteiger partial charge in [0.15, 0.2) is 0 Å². The maximum absolute atomic E-state index is 10.9. The van der Waals surface area contributed by atoms with E-state index < -0.39 is 30.1 Å². The molecule has 190 valence electrons. The second kappa shape index (κ2) is 10.4. The van der Waals surface area contributed by atoms with E-state index in [1.165, 1.54) is 5.57 Å². The molecule has 0 aliphatic heterocycles. The molecule has 34 heavy (non-hydrogen) atoms. The Morgan fingerprint density at radius 3 is 2.62 bits per heavy atom. The number of rotatable bonds is 6. The standard InChI is InChI=1S/C28H42O6/c1-17(8-13-25(31)27(3,4)34-26(32)33)22-11-12-23-19(7-6-14-28(22,23)5)9-10-20-15-21(29)16-24(30)18(20)2/h8-10,13,17,21-25,29-31H,2,6-7,11-12,14-16H2,1,3-5H3,(H,32,33)/t17-,21-,22-,23+,24+,25-,28-/m1/s1. The summed E-state index contributed by atoms with van der Waals surface area (Å²) < 4.78 is 4.84. The normalized spacial score (nSPS) is 36.6. The lowest BCUT2D eigenvalue weighted by molar-refractivity contribution is -0.0562. The SMILES string of the molecule is C=C1C(=CC=C2CCC[C@]3(C)[C@@H]([C@H](C)C=C[C@@H](O)C(C)(C)OC(=O)O)CC[C@@H]23)C[C@@H](O)C[C@@H]1O. The molecule has 3 rings (SSSR count). The minimum Gasteiger partial charge on any atom is -0.450 e. The van der Waals surface area contributed by atoms with Gasteiger partial charge in [0.05, 0.1) is 12.2 Å². The maximum atomic E-state index is 10.9. The molecule has 0 bridgehead atoms. The van der Waals surface area contributed by atoms with Gasteiger partial charge >= 0.3 is 6.16 Å². The van der Waals surface area contributed by atoms with E-state index in [0.717, 1.165) is 43.3 Å². The predicted molar refractivity (Wildman–Crippen MR) is 132 cm³/mol. The Labute approximate surface area is 203 Å². The Balaban J connectivity index is 1.73. The van der Waals surface area contributed by atoms with Gasteiger partial charge in [0.1, 0.15) is 11.7 Å². The van der Waals surface area contributed by atoms with Crippen molar-refractivity contribution in [2.75, 3.05) is 0 Å². The van der Waals surface area contributed by atoms with Crippen molar-refractivity contribution < 1.29 is 30.0 Å². The van der Waals surface area contributed by atoms with Gasteiger partial charge in [-0.3, -0.25) is 0 Å². The largest absolute Gasteiger partial charge is 0.506 e. The first-order valence-corrected chi connectivity index (χ1v) is 12.6. The number of carbonyl (C=O) groups is 1. The molecule has 3 aliphatic rings. The van der Waals surface area contributed by atoms with Crippen LogP contribution in [0, 0.1) is 23.2 Å². The Bertz CT molecular complexity index is 868. The minimum atomic E-state index is -1.39. The first kappa shape index (κ1) is 26.7. The number of carboxylic acid groups (broad SMARTS) is 1. The molecule has 3 saturated carbocycles. The highest BCUT2D eigenvalue weighted by Gasteiger charge is 2.50. The zero-order chi connectivity index (χ0) is 25.3. The molecule has 3 aliphatic carbocycles. The second-order valence-electron chi connectivity index (χ2n) is 11.3. The molecular weight excluding hydrogens is 432 g/mol. The van der Waals surface area contributed by atoms with E-state index in [0.29, 0.717) is 24.7 Å². The van der Waals surface area contributed by atoms with Crippen LogP contribution in [-0.2, 0) is 4.74 Å². The van der Waals surface area contributed by atoms with Crippen LogP contribution in [0.1, 0.15) is 72.6 Å². The van der Waals surface area contributed by atoms with Crippen molar-refractivity contribution in [3.05, 3.63) is 47.6 Å². The van der Waals surface area contributed by atoms with Gasteiger partial charge in [0.25, 0.3) is 0 Å². The second-order valence-corrected chi connectivity index (χ2v) is 11.3. The molecular formula is C28H42O6. The van der Waals surface area contributed by atoms with Gasteiger partial charge in [-0.15, -0.1) is 0 Å². The monoisotopic (exact) mass is 474 g/mol. The molecule has 0 saturated heterocycles. The number of hydrogen-bond acceptors (Lipinski definition) is 5. The van der Waals surface area contributed by atoms with Crippen LogP contribution in [0.4, 0.5) is 4.79 Å². The van der Waals surface area contributed by atoms with Gasteiger partial charge in [-0.1, -0.05) is 50.3 Å². The van der Waals surface area contributed by atoms with Gasteiger partial charge in [0, 0.05) is 6.42 Å². The number of aliphatic hydroxyl groups excluding tert-OH is 3. The van der Waals surface area contributed by atoms with E-state index in [4.69, 9.17) is 9.84 Å². The summed E-state index contributed by atoms with van der Waals surface area (Å²) in [5.74, 6) is 1.20. The lowest BCUT2D eigenvalue weighted by atomic mass is 9.61. The fourth-order valence-corrected chi connectivity index (χ4v) is 6.54. The number of ether oxygens (including phenoxy) is 1. The number of allylic oxidation sites excluding steroid dienone is 4. The quantitative estimate of drug-likeness (QED) is 0.313. The summed E-state index contributed by atoms with van der Waals surface area (Å²) in [5, 5.41) is 39.6. The van der Waals surface area contributed by atoms with Crippen molar-refractivity contribution >= 4 is 6.16 Å². The van der Waals surface area contributed by atoms with Crippen LogP contribution < -0.4 is 0 Å². The van der Waals surface area contributed by atoms with Crippen molar-refractivity contribution in [2.24, 2.45) is 23.2 Å². The first-order chi connectivity index (χ1) is 15.8. The average molecular weight is 475 g/mol. The highest BCUT2D eigenvalue weighted by atomic mass is 16.7. The predicted octanol–water partition coefficient (Wildman–Crippen LogP) is 5.15. The molecule has 0 amide bonds. The van der Waals surface area contributed by atoms with E-state index in [2.05, 4.69) is 32.6 Å². The Kier molecular flexibility index (Phi) is 8.16. The first-order valence-electron chi connectivity index (χ1n) is 12.6. The summed E-state index contributed by atoms with van der Waals surface area (Å²) >= 11 is 0. The number of aliphatic hydroxyl groups is 3. The fraction of sp³-hybridized carbons (Fsp3) is 0.679. The van der Waals surface area contributed by atoms with E-state index in [1.807, 2.05) is 6.08 Å². The lowest BCUT2D eigenvalue weighted by Gasteiger charge is -2.44. The molecule has 7 atom stereocenters. The number of fused-ring (bicyclic) bond motifs is 1. The summed E-state index contributed by atoms with van der Waals surface area (Å²) in [6, 6.07) is 0. The molecule has 0 radical (unpaired) electrons.